The summed E-state index contributed by atoms with van der Waals surface area (Å²) in [4.78, 5) is 7.67. The van der Waals surface area contributed by atoms with Crippen molar-refractivity contribution in [2.75, 3.05) is 4.72 Å². The highest BCUT2D eigenvalue weighted by Crippen LogP contribution is 2.16. The summed E-state index contributed by atoms with van der Waals surface area (Å²) in [6, 6.07) is 6.01. The van der Waals surface area contributed by atoms with Crippen LogP contribution in [-0.4, -0.2) is 18.4 Å². The van der Waals surface area contributed by atoms with E-state index in [0.717, 1.165) is 4.47 Å². The predicted octanol–water partition coefficient (Wildman–Crippen LogP) is 2.69. The summed E-state index contributed by atoms with van der Waals surface area (Å²) in [6.45, 7) is 0. The third-order valence-electron chi connectivity index (χ3n) is 1.98. The maximum atomic E-state index is 12.0. The lowest BCUT2D eigenvalue weighted by Crippen LogP contribution is -2.14. The number of nitrogens with one attached hydrogen (secondary N) is 1. The number of anilines is 1. The molecule has 2 aromatic heterocycles. The van der Waals surface area contributed by atoms with Crippen LogP contribution in [0.25, 0.3) is 0 Å². The van der Waals surface area contributed by atoms with E-state index in [-0.39, 0.29) is 15.9 Å². The van der Waals surface area contributed by atoms with Gasteiger partial charge in [-0.2, -0.15) is 0 Å². The summed E-state index contributed by atoms with van der Waals surface area (Å²) < 4.78 is 27.0. The molecule has 0 aliphatic carbocycles. The first-order valence-electron chi connectivity index (χ1n) is 4.73. The molecule has 2 rings (SSSR count). The second-order valence-electron chi connectivity index (χ2n) is 3.28. The SMILES string of the molecule is O=S(=O)(Nc1ccc(Br)cn1)c1ccc(Cl)nc1. The first kappa shape index (κ1) is 13.3. The fourth-order valence-electron chi connectivity index (χ4n) is 1.15. The van der Waals surface area contributed by atoms with Crippen molar-refractivity contribution in [3.63, 3.8) is 0 Å². The summed E-state index contributed by atoms with van der Waals surface area (Å²) >= 11 is 8.81. The number of halogens is 2. The number of hydrogen-bond donors (Lipinski definition) is 1. The summed E-state index contributed by atoms with van der Waals surface area (Å²) in [5.74, 6) is 0.230. The lowest BCUT2D eigenvalue weighted by atomic mass is 10.5. The fraction of sp³-hybridized carbons (Fsp3) is 0. The van der Waals surface area contributed by atoms with E-state index in [0.29, 0.717) is 0 Å². The molecule has 1 N–H and O–H groups in total. The Kier molecular flexibility index (Phi) is 3.84. The minimum Gasteiger partial charge on any atom is -0.263 e. The van der Waals surface area contributed by atoms with Gasteiger partial charge >= 0.3 is 0 Å². The second-order valence-corrected chi connectivity index (χ2v) is 6.27. The Hall–Kier alpha value is -1.18. The molecule has 0 atom stereocenters. The van der Waals surface area contributed by atoms with Gasteiger partial charge < -0.3 is 0 Å². The highest BCUT2D eigenvalue weighted by atomic mass is 79.9. The van der Waals surface area contributed by atoms with Crippen LogP contribution in [0.5, 0.6) is 0 Å². The molecule has 0 aliphatic heterocycles. The van der Waals surface area contributed by atoms with Crippen LogP contribution in [-0.2, 0) is 10.0 Å². The van der Waals surface area contributed by atoms with Gasteiger partial charge in [0.05, 0.1) is 0 Å². The zero-order valence-electron chi connectivity index (χ0n) is 8.84. The Morgan fingerprint density at radius 1 is 1.11 bits per heavy atom. The van der Waals surface area contributed by atoms with Gasteiger partial charge in [0, 0.05) is 16.9 Å². The molecular formula is C10H7BrClN3O2S. The normalized spacial score (nSPS) is 11.2. The van der Waals surface area contributed by atoms with E-state index in [9.17, 15) is 8.42 Å². The molecule has 0 saturated heterocycles. The predicted molar refractivity (Wildman–Crippen MR) is 72.0 cm³/mol. The van der Waals surface area contributed by atoms with Gasteiger partial charge in [0.15, 0.2) is 0 Å². The second kappa shape index (κ2) is 5.21. The molecule has 5 nitrogen and oxygen atoms in total. The van der Waals surface area contributed by atoms with Crippen LogP contribution < -0.4 is 4.72 Å². The molecule has 0 aromatic carbocycles. The average Bonchev–Trinajstić information content (AvgIpc) is 2.32. The van der Waals surface area contributed by atoms with E-state index in [4.69, 9.17) is 11.6 Å². The molecule has 0 bridgehead atoms. The van der Waals surface area contributed by atoms with E-state index in [1.165, 1.54) is 24.5 Å². The van der Waals surface area contributed by atoms with Crippen molar-refractivity contribution in [3.05, 3.63) is 46.3 Å². The third-order valence-corrected chi connectivity index (χ3v) is 4.01. The van der Waals surface area contributed by atoms with E-state index in [2.05, 4.69) is 30.6 Å². The number of pyridine rings is 2. The highest BCUT2D eigenvalue weighted by molar-refractivity contribution is 9.10. The maximum Gasteiger partial charge on any atom is 0.264 e. The van der Waals surface area contributed by atoms with E-state index >= 15 is 0 Å². The molecule has 0 saturated carbocycles. The van der Waals surface area contributed by atoms with Crippen LogP contribution in [0, 0.1) is 0 Å². The van der Waals surface area contributed by atoms with Crippen molar-refractivity contribution in [3.8, 4) is 0 Å². The van der Waals surface area contributed by atoms with Gasteiger partial charge in [-0.25, -0.2) is 18.4 Å². The van der Waals surface area contributed by atoms with Gasteiger partial charge in [-0.1, -0.05) is 11.6 Å². The molecule has 0 fully saturated rings. The van der Waals surface area contributed by atoms with Crippen LogP contribution in [0.15, 0.2) is 46.0 Å². The summed E-state index contributed by atoms with van der Waals surface area (Å²) in [7, 11) is -3.69. The van der Waals surface area contributed by atoms with Crippen molar-refractivity contribution in [2.45, 2.75) is 4.90 Å². The highest BCUT2D eigenvalue weighted by Gasteiger charge is 2.15. The molecule has 0 spiro atoms. The summed E-state index contributed by atoms with van der Waals surface area (Å²) in [6.07, 6.45) is 2.68. The fourth-order valence-corrected chi connectivity index (χ4v) is 2.45. The van der Waals surface area contributed by atoms with Gasteiger partial charge in [-0.3, -0.25) is 4.72 Å². The van der Waals surface area contributed by atoms with Crippen molar-refractivity contribution in [2.24, 2.45) is 0 Å². The maximum absolute atomic E-state index is 12.0. The topological polar surface area (TPSA) is 72.0 Å². The van der Waals surface area contributed by atoms with E-state index in [1.54, 1.807) is 12.1 Å². The molecule has 2 heterocycles. The lowest BCUT2D eigenvalue weighted by Gasteiger charge is -2.06. The van der Waals surface area contributed by atoms with Crippen molar-refractivity contribution in [1.82, 2.24) is 9.97 Å². The molecule has 0 radical (unpaired) electrons. The number of aromatic nitrogens is 2. The lowest BCUT2D eigenvalue weighted by molar-refractivity contribution is 0.600. The average molecular weight is 349 g/mol. The number of hydrogen-bond acceptors (Lipinski definition) is 4. The summed E-state index contributed by atoms with van der Waals surface area (Å²) in [5, 5.41) is 0.232. The molecule has 8 heteroatoms. The van der Waals surface area contributed by atoms with Crippen LogP contribution in [0.2, 0.25) is 5.15 Å². The Morgan fingerprint density at radius 2 is 1.89 bits per heavy atom. The summed E-state index contributed by atoms with van der Waals surface area (Å²) in [5.41, 5.74) is 0. The molecular weight excluding hydrogens is 342 g/mol. The Morgan fingerprint density at radius 3 is 2.44 bits per heavy atom. The molecule has 2 aromatic rings. The molecule has 0 amide bonds. The van der Waals surface area contributed by atoms with Gasteiger partial charge in [0.2, 0.25) is 0 Å². The Labute approximate surface area is 117 Å². The largest absolute Gasteiger partial charge is 0.264 e. The first-order chi connectivity index (χ1) is 8.47. The third kappa shape index (κ3) is 3.18. The van der Waals surface area contributed by atoms with Crippen molar-refractivity contribution >= 4 is 43.4 Å². The molecule has 94 valence electrons. The molecule has 18 heavy (non-hydrogen) atoms. The number of sulfonamides is 1. The van der Waals surface area contributed by atoms with Crippen LogP contribution in [0.3, 0.4) is 0 Å². The van der Waals surface area contributed by atoms with Crippen molar-refractivity contribution in [1.29, 1.82) is 0 Å². The first-order valence-corrected chi connectivity index (χ1v) is 7.39. The van der Waals surface area contributed by atoms with Crippen molar-refractivity contribution < 1.29 is 8.42 Å². The van der Waals surface area contributed by atoms with Gasteiger partial charge in [-0.05, 0) is 40.2 Å². The van der Waals surface area contributed by atoms with E-state index in [1.807, 2.05) is 0 Å². The van der Waals surface area contributed by atoms with Crippen LogP contribution in [0.4, 0.5) is 5.82 Å². The monoisotopic (exact) mass is 347 g/mol. The smallest absolute Gasteiger partial charge is 0.263 e. The minimum atomic E-state index is -3.69. The molecule has 0 aliphatic rings. The standard InChI is InChI=1S/C10H7BrClN3O2S/c11-7-1-4-10(14-5-7)15-18(16,17)8-2-3-9(12)13-6-8/h1-6H,(H,14,15). The zero-order chi connectivity index (χ0) is 13.2. The van der Waals surface area contributed by atoms with Gasteiger partial charge in [0.1, 0.15) is 15.9 Å². The Balaban J connectivity index is 2.27. The van der Waals surface area contributed by atoms with E-state index < -0.39 is 10.0 Å². The van der Waals surface area contributed by atoms with Crippen LogP contribution in [0.1, 0.15) is 0 Å². The quantitative estimate of drug-likeness (QED) is 0.866. The van der Waals surface area contributed by atoms with Crippen LogP contribution >= 0.6 is 27.5 Å². The minimum absolute atomic E-state index is 0.0246. The number of rotatable bonds is 3. The number of nitrogens with zero attached hydrogens (tertiary/aromatic N) is 2. The van der Waals surface area contributed by atoms with Gasteiger partial charge in [-0.15, -0.1) is 0 Å². The zero-order valence-corrected chi connectivity index (χ0v) is 12.0. The molecule has 0 unspecified atom stereocenters. The Bertz CT molecular complexity index is 644. The van der Waals surface area contributed by atoms with Gasteiger partial charge in [0.25, 0.3) is 10.0 Å².